The molecule has 0 fully saturated rings. The largest absolute Gasteiger partial charge is 0.353 e. The van der Waals surface area contributed by atoms with Crippen LogP contribution in [0.2, 0.25) is 5.02 Å². The van der Waals surface area contributed by atoms with E-state index in [-0.39, 0.29) is 12.5 Å². The molecule has 0 radical (unpaired) electrons. The Kier molecular flexibility index (Phi) is 5.69. The highest BCUT2D eigenvalue weighted by Crippen LogP contribution is 2.37. The fourth-order valence-electron chi connectivity index (χ4n) is 3.12. The fraction of sp³-hybridized carbons (Fsp3) is 0.143. The number of likely N-dealkylation sites (N-methyl/N-ethyl adjacent to an activating group) is 1. The molecule has 3 N–H and O–H groups in total. The van der Waals surface area contributed by atoms with E-state index in [9.17, 15) is 9.18 Å². The molecule has 9 heteroatoms. The Morgan fingerprint density at radius 1 is 1.17 bits per heavy atom. The third-order valence-electron chi connectivity index (χ3n) is 4.44. The van der Waals surface area contributed by atoms with Gasteiger partial charge >= 0.3 is 0 Å². The van der Waals surface area contributed by atoms with Gasteiger partial charge in [-0.2, -0.15) is 0 Å². The zero-order valence-electron chi connectivity index (χ0n) is 16.0. The maximum Gasteiger partial charge on any atom is 0.239 e. The number of rotatable bonds is 6. The summed E-state index contributed by atoms with van der Waals surface area (Å²) in [6.07, 6.45) is 4.31. The normalized spacial score (nSPS) is 11.0. The van der Waals surface area contributed by atoms with Crippen molar-refractivity contribution < 1.29 is 9.18 Å². The lowest BCUT2D eigenvalue weighted by Gasteiger charge is -2.08. The van der Waals surface area contributed by atoms with Crippen LogP contribution in [0.4, 0.5) is 10.2 Å². The average Bonchev–Trinajstić information content (AvgIpc) is 3.11. The number of nitrogens with one attached hydrogen (secondary N) is 3. The van der Waals surface area contributed by atoms with E-state index >= 15 is 0 Å². The van der Waals surface area contributed by atoms with Crippen LogP contribution in [-0.2, 0) is 4.79 Å². The molecule has 0 saturated heterocycles. The Labute approximate surface area is 176 Å². The molecule has 0 aliphatic carbocycles. The van der Waals surface area contributed by atoms with Gasteiger partial charge in [-0.3, -0.25) is 14.8 Å². The number of carbonyl (C=O) groups is 1. The molecule has 7 nitrogen and oxygen atoms in total. The van der Waals surface area contributed by atoms with Crippen LogP contribution in [-0.4, -0.2) is 38.9 Å². The topological polar surface area (TPSA) is 95.6 Å². The van der Waals surface area contributed by atoms with E-state index in [0.717, 1.165) is 11.8 Å². The quantitative estimate of drug-likeness (QED) is 0.434. The molecule has 4 heterocycles. The maximum absolute atomic E-state index is 13.4. The number of pyridine rings is 3. The number of aromatic nitrogens is 4. The first-order valence-electron chi connectivity index (χ1n) is 9.31. The summed E-state index contributed by atoms with van der Waals surface area (Å²) in [5.41, 5.74) is 4.11. The van der Waals surface area contributed by atoms with Crippen LogP contribution in [0.1, 0.15) is 6.92 Å². The number of aromatic amines is 1. The number of hydrogen-bond donors (Lipinski definition) is 3. The SMILES string of the molecule is CCNCC(=O)Nc1cc(-c2[nH]c3cc(Cl)cnc3c2-c2ccc(F)cn2)ccn1. The summed E-state index contributed by atoms with van der Waals surface area (Å²) in [6, 6.07) is 8.26. The predicted molar refractivity (Wildman–Crippen MR) is 115 cm³/mol. The van der Waals surface area contributed by atoms with E-state index in [0.29, 0.717) is 45.4 Å². The molecular weight excluding hydrogens is 407 g/mol. The molecule has 1 amide bonds. The summed E-state index contributed by atoms with van der Waals surface area (Å²) in [5.74, 6) is -0.198. The van der Waals surface area contributed by atoms with Crippen molar-refractivity contribution in [2.24, 2.45) is 0 Å². The molecule has 0 aliphatic rings. The molecule has 0 unspecified atom stereocenters. The van der Waals surface area contributed by atoms with Crippen molar-refractivity contribution in [1.29, 1.82) is 0 Å². The van der Waals surface area contributed by atoms with Gasteiger partial charge in [0.15, 0.2) is 0 Å². The smallest absolute Gasteiger partial charge is 0.239 e. The van der Waals surface area contributed by atoms with Gasteiger partial charge in [-0.15, -0.1) is 0 Å². The molecule has 4 aromatic rings. The highest BCUT2D eigenvalue weighted by Gasteiger charge is 2.18. The second kappa shape index (κ2) is 8.56. The van der Waals surface area contributed by atoms with Crippen molar-refractivity contribution in [3.05, 3.63) is 59.8 Å². The Balaban J connectivity index is 1.80. The number of hydrogen-bond acceptors (Lipinski definition) is 5. The summed E-state index contributed by atoms with van der Waals surface area (Å²) < 4.78 is 13.4. The predicted octanol–water partition coefficient (Wildman–Crippen LogP) is 4.03. The van der Waals surface area contributed by atoms with Crippen LogP contribution in [0.25, 0.3) is 33.5 Å². The standard InChI is InChI=1S/C21H18ClFN6O/c1-2-24-11-18(30)29-17-7-12(5-6-25-17)20-19(15-4-3-14(23)10-26-15)21-16(28-20)8-13(22)9-27-21/h3-10,24,28H,2,11H2,1H3,(H,25,29,30). The van der Waals surface area contributed by atoms with Crippen LogP contribution in [0.5, 0.6) is 0 Å². The van der Waals surface area contributed by atoms with Gasteiger partial charge in [0, 0.05) is 18.0 Å². The molecule has 0 bridgehead atoms. The third-order valence-corrected chi connectivity index (χ3v) is 4.64. The first kappa shape index (κ1) is 19.9. The Hall–Kier alpha value is -3.36. The summed E-state index contributed by atoms with van der Waals surface area (Å²) >= 11 is 6.11. The minimum atomic E-state index is -0.425. The lowest BCUT2D eigenvalue weighted by atomic mass is 10.0. The van der Waals surface area contributed by atoms with Gasteiger partial charge in [-0.05, 0) is 36.9 Å². The number of H-pyrrole nitrogens is 1. The van der Waals surface area contributed by atoms with Crippen LogP contribution in [0.3, 0.4) is 0 Å². The van der Waals surface area contributed by atoms with Crippen LogP contribution in [0, 0.1) is 5.82 Å². The summed E-state index contributed by atoms with van der Waals surface area (Å²) in [6.45, 7) is 2.81. The van der Waals surface area contributed by atoms with Crippen LogP contribution < -0.4 is 10.6 Å². The number of nitrogens with zero attached hydrogens (tertiary/aromatic N) is 3. The molecular formula is C21H18ClFN6O. The summed E-state index contributed by atoms with van der Waals surface area (Å²) in [5, 5.41) is 6.22. The van der Waals surface area contributed by atoms with E-state index in [1.807, 2.05) is 6.92 Å². The van der Waals surface area contributed by atoms with E-state index in [1.165, 1.54) is 6.07 Å². The zero-order valence-corrected chi connectivity index (χ0v) is 16.8. The van der Waals surface area contributed by atoms with E-state index in [2.05, 4.69) is 30.6 Å². The van der Waals surface area contributed by atoms with Gasteiger partial charge < -0.3 is 15.6 Å². The first-order valence-corrected chi connectivity index (χ1v) is 9.69. The van der Waals surface area contributed by atoms with Crippen LogP contribution in [0.15, 0.2) is 48.9 Å². The molecule has 0 atom stereocenters. The van der Waals surface area contributed by atoms with Crippen molar-refractivity contribution >= 4 is 34.4 Å². The zero-order chi connectivity index (χ0) is 21.1. The second-order valence-corrected chi connectivity index (χ2v) is 6.98. The van der Waals surface area contributed by atoms with E-state index in [4.69, 9.17) is 11.6 Å². The highest BCUT2D eigenvalue weighted by atomic mass is 35.5. The molecule has 152 valence electrons. The van der Waals surface area contributed by atoms with E-state index < -0.39 is 5.82 Å². The third kappa shape index (κ3) is 4.14. The molecule has 30 heavy (non-hydrogen) atoms. The van der Waals surface area contributed by atoms with Gasteiger partial charge in [0.25, 0.3) is 0 Å². The minimum Gasteiger partial charge on any atom is -0.353 e. The maximum atomic E-state index is 13.4. The second-order valence-electron chi connectivity index (χ2n) is 6.54. The molecule has 4 rings (SSSR count). The van der Waals surface area contributed by atoms with Gasteiger partial charge in [0.05, 0.1) is 45.7 Å². The molecule has 0 aliphatic heterocycles. The van der Waals surface area contributed by atoms with Crippen molar-refractivity contribution in [2.45, 2.75) is 6.92 Å². The van der Waals surface area contributed by atoms with Gasteiger partial charge in [-0.25, -0.2) is 9.37 Å². The number of amides is 1. The molecule has 4 aromatic heterocycles. The number of anilines is 1. The first-order chi connectivity index (χ1) is 14.5. The molecule has 0 spiro atoms. The minimum absolute atomic E-state index is 0.188. The van der Waals surface area contributed by atoms with Gasteiger partial charge in [0.2, 0.25) is 5.91 Å². The fourth-order valence-corrected chi connectivity index (χ4v) is 3.28. The molecule has 0 aromatic carbocycles. The number of halogens is 2. The van der Waals surface area contributed by atoms with Crippen LogP contribution >= 0.6 is 11.6 Å². The monoisotopic (exact) mass is 424 g/mol. The van der Waals surface area contributed by atoms with E-state index in [1.54, 1.807) is 36.7 Å². The van der Waals surface area contributed by atoms with Crippen molar-refractivity contribution in [3.8, 4) is 22.5 Å². The summed E-state index contributed by atoms with van der Waals surface area (Å²) in [4.78, 5) is 28.2. The highest BCUT2D eigenvalue weighted by molar-refractivity contribution is 6.31. The Morgan fingerprint density at radius 3 is 2.80 bits per heavy atom. The van der Waals surface area contributed by atoms with Gasteiger partial charge in [0.1, 0.15) is 11.6 Å². The number of fused-ring (bicyclic) bond motifs is 1. The van der Waals surface area contributed by atoms with Crippen molar-refractivity contribution in [3.63, 3.8) is 0 Å². The molecule has 0 saturated carbocycles. The Morgan fingerprint density at radius 2 is 2.03 bits per heavy atom. The van der Waals surface area contributed by atoms with Crippen molar-refractivity contribution in [2.75, 3.05) is 18.4 Å². The van der Waals surface area contributed by atoms with Gasteiger partial charge in [-0.1, -0.05) is 18.5 Å². The lowest BCUT2D eigenvalue weighted by molar-refractivity contribution is -0.115. The number of carbonyl (C=O) groups excluding carboxylic acids is 1. The summed E-state index contributed by atoms with van der Waals surface area (Å²) in [7, 11) is 0. The van der Waals surface area contributed by atoms with Crippen molar-refractivity contribution in [1.82, 2.24) is 25.3 Å². The Bertz CT molecular complexity index is 1210. The lowest BCUT2D eigenvalue weighted by Crippen LogP contribution is -2.28. The average molecular weight is 425 g/mol.